The minimum Gasteiger partial charge on any atom is -0.350 e. The lowest BCUT2D eigenvalue weighted by Gasteiger charge is -2.40. The Morgan fingerprint density at radius 3 is 2.74 bits per heavy atom. The number of nitrogens with zero attached hydrogens (tertiary/aromatic N) is 5. The molecule has 1 unspecified atom stereocenters. The second kappa shape index (κ2) is 11.7. The number of aryl methyl sites for hydroxylation is 1. The van der Waals surface area contributed by atoms with E-state index in [4.69, 9.17) is 0 Å². The molecule has 10 nitrogen and oxygen atoms in total. The molecule has 2 heterocycles. The van der Waals surface area contributed by atoms with E-state index in [2.05, 4.69) is 55.4 Å². The van der Waals surface area contributed by atoms with Gasteiger partial charge in [0.05, 0.1) is 6.54 Å². The average Bonchev–Trinajstić information content (AvgIpc) is 3.35. The van der Waals surface area contributed by atoms with Crippen molar-refractivity contribution in [2.45, 2.75) is 50.6 Å². The van der Waals surface area contributed by atoms with E-state index in [1.807, 2.05) is 42.5 Å². The number of hydrogen-bond acceptors (Lipinski definition) is 6. The summed E-state index contributed by atoms with van der Waals surface area (Å²) in [5.74, 6) is 1.22. The Bertz CT molecular complexity index is 1250. The lowest BCUT2D eigenvalue weighted by atomic mass is 9.83. The van der Waals surface area contributed by atoms with Crippen LogP contribution >= 0.6 is 0 Å². The van der Waals surface area contributed by atoms with Crippen molar-refractivity contribution in [3.63, 3.8) is 0 Å². The van der Waals surface area contributed by atoms with Crippen molar-refractivity contribution in [3.8, 4) is 11.4 Å². The minimum absolute atomic E-state index is 0.0601. The van der Waals surface area contributed by atoms with Crippen molar-refractivity contribution in [2.24, 2.45) is 13.0 Å². The van der Waals surface area contributed by atoms with Gasteiger partial charge in [-0.3, -0.25) is 9.69 Å². The van der Waals surface area contributed by atoms with Crippen LogP contribution in [0, 0.1) is 5.92 Å². The summed E-state index contributed by atoms with van der Waals surface area (Å²) in [5.41, 5.74) is 2.74. The molecule has 5 rings (SSSR count). The number of nitrogens with one attached hydrogen (secondary N) is 3. The number of carbonyl (C=O) groups is 2. The zero-order valence-electron chi connectivity index (χ0n) is 22.0. The van der Waals surface area contributed by atoms with Gasteiger partial charge < -0.3 is 16.0 Å². The van der Waals surface area contributed by atoms with Gasteiger partial charge >= 0.3 is 6.03 Å². The molecule has 3 aromatic rings. The van der Waals surface area contributed by atoms with Crippen molar-refractivity contribution in [1.82, 2.24) is 35.7 Å². The molecule has 1 aliphatic heterocycles. The average molecular weight is 517 g/mol. The van der Waals surface area contributed by atoms with Gasteiger partial charge in [0.2, 0.25) is 5.91 Å². The zero-order valence-corrected chi connectivity index (χ0v) is 22.0. The van der Waals surface area contributed by atoms with Gasteiger partial charge in [-0.25, -0.2) is 9.48 Å². The Morgan fingerprint density at radius 2 is 1.95 bits per heavy atom. The van der Waals surface area contributed by atoms with Gasteiger partial charge in [-0.1, -0.05) is 62.2 Å². The number of benzene rings is 2. The molecule has 200 valence electrons. The maximum absolute atomic E-state index is 13.0. The van der Waals surface area contributed by atoms with Crippen molar-refractivity contribution in [1.29, 1.82) is 0 Å². The number of carbonyl (C=O) groups excluding carboxylic acids is 2. The summed E-state index contributed by atoms with van der Waals surface area (Å²) >= 11 is 0. The third kappa shape index (κ3) is 6.19. The van der Waals surface area contributed by atoms with Crippen LogP contribution in [-0.2, 0) is 11.8 Å². The van der Waals surface area contributed by atoms with Crippen molar-refractivity contribution >= 4 is 17.6 Å². The van der Waals surface area contributed by atoms with Crippen LogP contribution in [0.3, 0.4) is 0 Å². The van der Waals surface area contributed by atoms with Gasteiger partial charge in [0, 0.05) is 49.4 Å². The highest BCUT2D eigenvalue weighted by molar-refractivity contribution is 5.90. The number of hydrogen-bond donors (Lipinski definition) is 3. The number of urea groups is 1. The Hall–Kier alpha value is -3.79. The second-order valence-electron chi connectivity index (χ2n) is 10.5. The van der Waals surface area contributed by atoms with Crippen molar-refractivity contribution in [2.75, 3.05) is 25.0 Å². The van der Waals surface area contributed by atoms with Gasteiger partial charge in [0.15, 0.2) is 5.82 Å². The van der Waals surface area contributed by atoms with Crippen LogP contribution in [0.5, 0.6) is 0 Å². The van der Waals surface area contributed by atoms with Crippen LogP contribution in [0.4, 0.5) is 10.5 Å². The molecule has 0 bridgehead atoms. The third-order valence-electron chi connectivity index (χ3n) is 7.81. The molecule has 38 heavy (non-hydrogen) atoms. The molecule has 1 saturated heterocycles. The quantitative estimate of drug-likeness (QED) is 0.444. The van der Waals surface area contributed by atoms with Crippen LogP contribution in [0.1, 0.15) is 44.1 Å². The Labute approximate surface area is 223 Å². The Balaban J connectivity index is 1.20. The topological polar surface area (TPSA) is 117 Å². The first-order valence-corrected chi connectivity index (χ1v) is 13.4. The van der Waals surface area contributed by atoms with Gasteiger partial charge in [-0.15, -0.1) is 5.10 Å². The first-order chi connectivity index (χ1) is 18.5. The normalized spacial score (nSPS) is 22.9. The van der Waals surface area contributed by atoms with E-state index in [0.29, 0.717) is 24.0 Å². The van der Waals surface area contributed by atoms with E-state index < -0.39 is 0 Å². The first kappa shape index (κ1) is 25.8. The fraction of sp³-hybridized carbons (Fsp3) is 0.464. The summed E-state index contributed by atoms with van der Waals surface area (Å²) in [4.78, 5) is 27.9. The fourth-order valence-electron chi connectivity index (χ4n) is 5.75. The molecule has 4 atom stereocenters. The van der Waals surface area contributed by atoms with Crippen LogP contribution in [-0.4, -0.2) is 68.8 Å². The summed E-state index contributed by atoms with van der Waals surface area (Å²) < 4.78 is 1.60. The Morgan fingerprint density at radius 1 is 1.13 bits per heavy atom. The van der Waals surface area contributed by atoms with Gasteiger partial charge in [-0.05, 0) is 46.9 Å². The molecule has 1 aliphatic carbocycles. The molecule has 3 amide bonds. The summed E-state index contributed by atoms with van der Waals surface area (Å²) in [6.45, 7) is 4.18. The number of rotatable bonds is 7. The molecular formula is C28H36N8O2. The van der Waals surface area contributed by atoms with E-state index in [1.54, 1.807) is 11.7 Å². The van der Waals surface area contributed by atoms with Crippen molar-refractivity contribution in [3.05, 3.63) is 60.2 Å². The lowest BCUT2D eigenvalue weighted by Crippen LogP contribution is -2.58. The SMILES string of the molecule is CC(c1ccccc1)[C@H]1CN(C[C@@H]2CCCC[C@H]2NC(=O)Nc2cccc(-c3nnnn3C)c2)CC(=O)N1. The summed E-state index contributed by atoms with van der Waals surface area (Å²) in [6.07, 6.45) is 4.20. The maximum atomic E-state index is 13.0. The standard InChI is InChI=1S/C28H36N8O2/c1-19(20-9-4-3-5-10-20)25-17-36(18-26(37)30-25)16-22-11-6-7-14-24(22)31-28(38)29-23-13-8-12-21(15-23)27-32-33-34-35(27)2/h3-5,8-10,12-13,15,19,22,24-25H,6-7,11,14,16-18H2,1-2H3,(H,30,37)(H2,29,31,38)/t19?,22-,24+,25+/m0/s1. The van der Waals surface area contributed by atoms with Gasteiger partial charge in [0.1, 0.15) is 0 Å². The Kier molecular flexibility index (Phi) is 7.97. The van der Waals surface area contributed by atoms with Gasteiger partial charge in [0.25, 0.3) is 0 Å². The van der Waals surface area contributed by atoms with Crippen LogP contribution in [0.15, 0.2) is 54.6 Å². The van der Waals surface area contributed by atoms with Crippen LogP contribution < -0.4 is 16.0 Å². The smallest absolute Gasteiger partial charge is 0.319 e. The van der Waals surface area contributed by atoms with E-state index in [-0.39, 0.29) is 29.9 Å². The van der Waals surface area contributed by atoms with Crippen LogP contribution in [0.25, 0.3) is 11.4 Å². The third-order valence-corrected chi connectivity index (χ3v) is 7.81. The first-order valence-electron chi connectivity index (χ1n) is 13.4. The molecule has 2 aliphatic rings. The fourth-order valence-corrected chi connectivity index (χ4v) is 5.75. The molecule has 10 heteroatoms. The number of aromatic nitrogens is 4. The minimum atomic E-state index is -0.220. The zero-order chi connectivity index (χ0) is 26.5. The summed E-state index contributed by atoms with van der Waals surface area (Å²) in [5, 5.41) is 21.0. The molecule has 0 spiro atoms. The van der Waals surface area contributed by atoms with E-state index in [1.165, 1.54) is 5.56 Å². The van der Waals surface area contributed by atoms with E-state index in [0.717, 1.165) is 44.3 Å². The molecule has 2 fully saturated rings. The molecule has 1 saturated carbocycles. The van der Waals surface area contributed by atoms with Crippen molar-refractivity contribution < 1.29 is 9.59 Å². The summed E-state index contributed by atoms with van der Waals surface area (Å²) in [7, 11) is 1.78. The number of tetrazole rings is 1. The monoisotopic (exact) mass is 516 g/mol. The summed E-state index contributed by atoms with van der Waals surface area (Å²) in [6, 6.07) is 17.7. The lowest BCUT2D eigenvalue weighted by molar-refractivity contribution is -0.126. The van der Waals surface area contributed by atoms with E-state index >= 15 is 0 Å². The van der Waals surface area contributed by atoms with Crippen LogP contribution in [0.2, 0.25) is 0 Å². The molecule has 0 radical (unpaired) electrons. The number of piperazine rings is 1. The van der Waals surface area contributed by atoms with E-state index in [9.17, 15) is 9.59 Å². The predicted molar refractivity (Wildman–Crippen MR) is 145 cm³/mol. The van der Waals surface area contributed by atoms with Gasteiger partial charge in [-0.2, -0.15) is 0 Å². The molecule has 3 N–H and O–H groups in total. The highest BCUT2D eigenvalue weighted by Gasteiger charge is 2.33. The number of amides is 3. The molecule has 2 aromatic carbocycles. The maximum Gasteiger partial charge on any atom is 0.319 e. The largest absolute Gasteiger partial charge is 0.350 e. The molecular weight excluding hydrogens is 480 g/mol. The highest BCUT2D eigenvalue weighted by Crippen LogP contribution is 2.28. The second-order valence-corrected chi connectivity index (χ2v) is 10.5. The number of anilines is 1. The highest BCUT2D eigenvalue weighted by atomic mass is 16.2. The molecule has 1 aromatic heterocycles. The predicted octanol–water partition coefficient (Wildman–Crippen LogP) is 3.16.